The van der Waals surface area contributed by atoms with Gasteiger partial charge in [0.25, 0.3) is 0 Å². The number of benzene rings is 1. The third kappa shape index (κ3) is 7.99. The van der Waals surface area contributed by atoms with E-state index in [0.29, 0.717) is 24.8 Å². The van der Waals surface area contributed by atoms with Crippen molar-refractivity contribution in [3.63, 3.8) is 0 Å². The Bertz CT molecular complexity index is 448. The van der Waals surface area contributed by atoms with Crippen molar-refractivity contribution in [2.45, 2.75) is 11.8 Å². The van der Waals surface area contributed by atoms with Crippen LogP contribution < -0.4 is 11.1 Å². The summed E-state index contributed by atoms with van der Waals surface area (Å²) < 4.78 is 11.9. The fraction of sp³-hybridized carbons (Fsp3) is 0.308. The third-order valence-electron chi connectivity index (χ3n) is 2.12. The molecule has 1 aromatic rings. The average molecular weight is 393 g/mol. The molecule has 1 atom stereocenters. The molecule has 0 aliphatic heterocycles. The van der Waals surface area contributed by atoms with Gasteiger partial charge in [0.05, 0.1) is 17.3 Å². The molecule has 0 spiro atoms. The first-order valence-corrected chi connectivity index (χ1v) is 7.03. The zero-order chi connectivity index (χ0) is 13.4. The fourth-order valence-electron chi connectivity index (χ4n) is 1.24. The lowest BCUT2D eigenvalue weighted by molar-refractivity contribution is 0.681. The van der Waals surface area contributed by atoms with Crippen molar-refractivity contribution in [2.24, 2.45) is 10.7 Å². The highest BCUT2D eigenvalue weighted by atomic mass is 127. The molecule has 0 fully saturated rings. The zero-order valence-electron chi connectivity index (χ0n) is 11.0. The van der Waals surface area contributed by atoms with Gasteiger partial charge in [0.2, 0.25) is 0 Å². The number of hydrogen-bond donors (Lipinski definition) is 2. The molecule has 6 heteroatoms. The maximum atomic E-state index is 11.9. The number of guanidine groups is 1. The summed E-state index contributed by atoms with van der Waals surface area (Å²) in [7, 11) is -1.00. The van der Waals surface area contributed by atoms with Gasteiger partial charge in [0.1, 0.15) is 0 Å². The summed E-state index contributed by atoms with van der Waals surface area (Å²) in [5.74, 6) is 0.871. The van der Waals surface area contributed by atoms with Crippen LogP contribution in [0.3, 0.4) is 0 Å². The third-order valence-corrected chi connectivity index (χ3v) is 3.49. The second-order valence-corrected chi connectivity index (χ2v) is 5.52. The van der Waals surface area contributed by atoms with E-state index in [-0.39, 0.29) is 24.0 Å². The van der Waals surface area contributed by atoms with Crippen LogP contribution in [-0.2, 0) is 10.8 Å². The van der Waals surface area contributed by atoms with Crippen LogP contribution in [0.25, 0.3) is 0 Å². The number of aliphatic imine (C=N–C) groups is 1. The van der Waals surface area contributed by atoms with Gasteiger partial charge >= 0.3 is 0 Å². The summed E-state index contributed by atoms with van der Waals surface area (Å²) in [6.07, 6.45) is 0. The summed E-state index contributed by atoms with van der Waals surface area (Å²) in [6.45, 7) is 6.68. The fourth-order valence-corrected chi connectivity index (χ4v) is 2.22. The Morgan fingerprint density at radius 1 is 1.42 bits per heavy atom. The van der Waals surface area contributed by atoms with Crippen molar-refractivity contribution >= 4 is 40.7 Å². The molecule has 106 valence electrons. The summed E-state index contributed by atoms with van der Waals surface area (Å²) in [5, 5.41) is 2.93. The van der Waals surface area contributed by atoms with Crippen molar-refractivity contribution in [1.82, 2.24) is 5.32 Å². The molecule has 1 unspecified atom stereocenters. The van der Waals surface area contributed by atoms with Crippen molar-refractivity contribution in [2.75, 3.05) is 18.8 Å². The molecule has 19 heavy (non-hydrogen) atoms. The van der Waals surface area contributed by atoms with Crippen LogP contribution in [0.5, 0.6) is 0 Å². The maximum absolute atomic E-state index is 11.9. The Kier molecular flexibility index (Phi) is 9.50. The van der Waals surface area contributed by atoms with Crippen LogP contribution in [0.2, 0.25) is 0 Å². The molecule has 0 aromatic heterocycles. The molecule has 0 bridgehead atoms. The summed E-state index contributed by atoms with van der Waals surface area (Å²) in [6, 6.07) is 9.37. The van der Waals surface area contributed by atoms with Gasteiger partial charge in [-0.3, -0.25) is 4.21 Å². The SMILES string of the molecule is C=C(C)CN=C(N)NCCS(=O)c1ccccc1.I. The summed E-state index contributed by atoms with van der Waals surface area (Å²) in [4.78, 5) is 4.91. The normalized spacial score (nSPS) is 12.4. The van der Waals surface area contributed by atoms with Gasteiger partial charge in [0.15, 0.2) is 5.96 Å². The second-order valence-electron chi connectivity index (χ2n) is 3.95. The van der Waals surface area contributed by atoms with E-state index in [1.54, 1.807) is 0 Å². The molecule has 3 N–H and O–H groups in total. The Hall–Kier alpha value is -0.890. The van der Waals surface area contributed by atoms with E-state index in [9.17, 15) is 4.21 Å². The Labute approximate surface area is 134 Å². The molecule has 0 aliphatic carbocycles. The lowest BCUT2D eigenvalue weighted by Gasteiger charge is -2.05. The largest absolute Gasteiger partial charge is 0.370 e. The first-order chi connectivity index (χ1) is 8.59. The van der Waals surface area contributed by atoms with Crippen LogP contribution in [0.15, 0.2) is 52.4 Å². The minimum atomic E-state index is -1.00. The molecule has 0 amide bonds. The second kappa shape index (κ2) is 9.96. The van der Waals surface area contributed by atoms with Gasteiger partial charge in [-0.05, 0) is 19.1 Å². The number of halogens is 1. The monoisotopic (exact) mass is 393 g/mol. The highest BCUT2D eigenvalue weighted by Crippen LogP contribution is 2.04. The Morgan fingerprint density at radius 3 is 2.63 bits per heavy atom. The van der Waals surface area contributed by atoms with Gasteiger partial charge in [-0.2, -0.15) is 0 Å². The van der Waals surface area contributed by atoms with E-state index in [0.717, 1.165) is 10.5 Å². The molecular weight excluding hydrogens is 373 g/mol. The van der Waals surface area contributed by atoms with E-state index in [4.69, 9.17) is 5.73 Å². The smallest absolute Gasteiger partial charge is 0.188 e. The summed E-state index contributed by atoms with van der Waals surface area (Å²) in [5.41, 5.74) is 6.60. The van der Waals surface area contributed by atoms with E-state index in [1.807, 2.05) is 37.3 Å². The number of rotatable bonds is 6. The van der Waals surface area contributed by atoms with Crippen LogP contribution in [0.1, 0.15) is 6.92 Å². The number of nitrogens with two attached hydrogens (primary N) is 1. The molecule has 0 saturated heterocycles. The Balaban J connectivity index is 0.00000324. The van der Waals surface area contributed by atoms with Crippen LogP contribution in [0.4, 0.5) is 0 Å². The van der Waals surface area contributed by atoms with Gasteiger partial charge in [-0.1, -0.05) is 30.4 Å². The summed E-state index contributed by atoms with van der Waals surface area (Å²) >= 11 is 0. The van der Waals surface area contributed by atoms with E-state index in [2.05, 4.69) is 16.9 Å². The van der Waals surface area contributed by atoms with Gasteiger partial charge in [-0.25, -0.2) is 4.99 Å². The maximum Gasteiger partial charge on any atom is 0.188 e. The molecule has 0 radical (unpaired) electrons. The first kappa shape index (κ1) is 18.1. The van der Waals surface area contributed by atoms with Crippen molar-refractivity contribution < 1.29 is 4.21 Å². The lowest BCUT2D eigenvalue weighted by Crippen LogP contribution is -2.34. The minimum Gasteiger partial charge on any atom is -0.370 e. The zero-order valence-corrected chi connectivity index (χ0v) is 14.1. The predicted molar refractivity (Wildman–Crippen MR) is 92.4 cm³/mol. The molecule has 0 aliphatic rings. The van der Waals surface area contributed by atoms with Crippen LogP contribution in [-0.4, -0.2) is 29.0 Å². The lowest BCUT2D eigenvalue weighted by atomic mass is 10.4. The standard InChI is InChI=1S/C13H19N3OS.HI/c1-11(2)10-16-13(14)15-8-9-18(17)12-6-4-3-5-7-12;/h3-7H,1,8-10H2,2H3,(H3,14,15,16);1H. The molecule has 0 heterocycles. The quantitative estimate of drug-likeness (QED) is 0.336. The molecule has 1 rings (SSSR count). The van der Waals surface area contributed by atoms with Crippen molar-refractivity contribution in [3.05, 3.63) is 42.5 Å². The number of nitrogens with one attached hydrogen (secondary N) is 1. The predicted octanol–water partition coefficient (Wildman–Crippen LogP) is 1.89. The van der Waals surface area contributed by atoms with E-state index < -0.39 is 10.8 Å². The van der Waals surface area contributed by atoms with E-state index in [1.165, 1.54) is 0 Å². The van der Waals surface area contributed by atoms with Gasteiger partial charge < -0.3 is 11.1 Å². The van der Waals surface area contributed by atoms with Crippen molar-refractivity contribution in [3.8, 4) is 0 Å². The molecule has 4 nitrogen and oxygen atoms in total. The highest BCUT2D eigenvalue weighted by molar-refractivity contribution is 14.0. The average Bonchev–Trinajstić information content (AvgIpc) is 2.37. The molecule has 1 aromatic carbocycles. The van der Waals surface area contributed by atoms with Crippen LogP contribution in [0, 0.1) is 0 Å². The van der Waals surface area contributed by atoms with Crippen LogP contribution >= 0.6 is 24.0 Å². The molecular formula is C13H20IN3OS. The number of hydrogen-bond acceptors (Lipinski definition) is 2. The Morgan fingerprint density at radius 2 is 2.05 bits per heavy atom. The topological polar surface area (TPSA) is 67.5 Å². The highest BCUT2D eigenvalue weighted by Gasteiger charge is 2.02. The first-order valence-electron chi connectivity index (χ1n) is 5.71. The van der Waals surface area contributed by atoms with E-state index >= 15 is 0 Å². The molecule has 0 saturated carbocycles. The minimum absolute atomic E-state index is 0. The van der Waals surface area contributed by atoms with Crippen molar-refractivity contribution in [1.29, 1.82) is 0 Å². The van der Waals surface area contributed by atoms with Gasteiger partial charge in [0, 0.05) is 17.2 Å². The van der Waals surface area contributed by atoms with Gasteiger partial charge in [-0.15, -0.1) is 24.0 Å². The number of nitrogens with zero attached hydrogens (tertiary/aromatic N) is 1.